The van der Waals surface area contributed by atoms with Crippen molar-refractivity contribution in [3.8, 4) is 0 Å². The zero-order chi connectivity index (χ0) is 12.7. The molecular weight excluding hydrogens is 246 g/mol. The highest BCUT2D eigenvalue weighted by Crippen LogP contribution is 2.30. The SMILES string of the molecule is Cc1ccnc2c1[nH]c(=S)n2C1CCOCC1C. The van der Waals surface area contributed by atoms with Crippen LogP contribution >= 0.6 is 12.2 Å². The van der Waals surface area contributed by atoms with Crippen LogP contribution < -0.4 is 0 Å². The summed E-state index contributed by atoms with van der Waals surface area (Å²) in [6.45, 7) is 5.88. The van der Waals surface area contributed by atoms with Crippen molar-refractivity contribution in [1.82, 2.24) is 14.5 Å². The summed E-state index contributed by atoms with van der Waals surface area (Å²) in [6, 6.07) is 2.39. The van der Waals surface area contributed by atoms with E-state index in [0.717, 1.165) is 35.6 Å². The number of aryl methyl sites for hydroxylation is 1. The highest BCUT2D eigenvalue weighted by atomic mass is 32.1. The lowest BCUT2D eigenvalue weighted by Gasteiger charge is -2.30. The van der Waals surface area contributed by atoms with Crippen molar-refractivity contribution in [2.45, 2.75) is 26.3 Å². The van der Waals surface area contributed by atoms with E-state index in [1.54, 1.807) is 0 Å². The zero-order valence-corrected chi connectivity index (χ0v) is 11.5. The van der Waals surface area contributed by atoms with Gasteiger partial charge in [-0.3, -0.25) is 4.57 Å². The van der Waals surface area contributed by atoms with Gasteiger partial charge < -0.3 is 9.72 Å². The van der Waals surface area contributed by atoms with E-state index in [1.807, 2.05) is 12.3 Å². The molecule has 0 radical (unpaired) electrons. The van der Waals surface area contributed by atoms with Gasteiger partial charge in [-0.15, -0.1) is 0 Å². The van der Waals surface area contributed by atoms with Crippen molar-refractivity contribution < 1.29 is 4.74 Å². The molecule has 2 unspecified atom stereocenters. The van der Waals surface area contributed by atoms with Crippen LogP contribution in [0.25, 0.3) is 11.2 Å². The van der Waals surface area contributed by atoms with Crippen molar-refractivity contribution in [3.63, 3.8) is 0 Å². The van der Waals surface area contributed by atoms with Crippen molar-refractivity contribution in [3.05, 3.63) is 22.6 Å². The van der Waals surface area contributed by atoms with Gasteiger partial charge >= 0.3 is 0 Å². The van der Waals surface area contributed by atoms with E-state index in [0.29, 0.717) is 12.0 Å². The molecule has 3 heterocycles. The van der Waals surface area contributed by atoms with Crippen LogP contribution in [0.4, 0.5) is 0 Å². The summed E-state index contributed by atoms with van der Waals surface area (Å²) in [6.07, 6.45) is 2.85. The molecule has 1 N–H and O–H groups in total. The molecule has 0 aromatic carbocycles. The van der Waals surface area contributed by atoms with Crippen LogP contribution in [0.15, 0.2) is 12.3 Å². The molecule has 1 saturated heterocycles. The van der Waals surface area contributed by atoms with Crippen molar-refractivity contribution in [1.29, 1.82) is 0 Å². The Morgan fingerprint density at radius 1 is 1.56 bits per heavy atom. The second-order valence-corrected chi connectivity index (χ2v) is 5.42. The molecule has 0 spiro atoms. The van der Waals surface area contributed by atoms with Gasteiger partial charge in [-0.25, -0.2) is 4.98 Å². The first kappa shape index (κ1) is 11.9. The maximum atomic E-state index is 5.51. The number of H-pyrrole nitrogens is 1. The number of imidazole rings is 1. The smallest absolute Gasteiger partial charge is 0.179 e. The molecule has 3 rings (SSSR count). The molecule has 0 saturated carbocycles. The lowest BCUT2D eigenvalue weighted by atomic mass is 9.98. The van der Waals surface area contributed by atoms with E-state index < -0.39 is 0 Å². The van der Waals surface area contributed by atoms with Crippen molar-refractivity contribution in [2.75, 3.05) is 13.2 Å². The summed E-state index contributed by atoms with van der Waals surface area (Å²) < 4.78 is 8.45. The lowest BCUT2D eigenvalue weighted by Crippen LogP contribution is -2.28. The summed E-state index contributed by atoms with van der Waals surface area (Å²) in [5.74, 6) is 0.465. The number of hydrogen-bond acceptors (Lipinski definition) is 3. The van der Waals surface area contributed by atoms with Gasteiger partial charge in [0.2, 0.25) is 0 Å². The van der Waals surface area contributed by atoms with Crippen LogP contribution in [-0.4, -0.2) is 27.7 Å². The van der Waals surface area contributed by atoms with Gasteiger partial charge in [0.15, 0.2) is 10.4 Å². The molecule has 2 aromatic heterocycles. The van der Waals surface area contributed by atoms with E-state index in [1.165, 1.54) is 5.56 Å². The van der Waals surface area contributed by atoms with E-state index in [-0.39, 0.29) is 0 Å². The predicted octanol–water partition coefficient (Wildman–Crippen LogP) is 3.00. The number of rotatable bonds is 1. The molecule has 1 fully saturated rings. The molecule has 0 aliphatic carbocycles. The van der Waals surface area contributed by atoms with Gasteiger partial charge in [-0.05, 0) is 37.2 Å². The summed E-state index contributed by atoms with van der Waals surface area (Å²) in [5.41, 5.74) is 3.21. The van der Waals surface area contributed by atoms with Crippen LogP contribution in [0, 0.1) is 17.6 Å². The monoisotopic (exact) mass is 263 g/mol. The number of hydrogen-bond donors (Lipinski definition) is 1. The molecule has 5 heteroatoms. The maximum absolute atomic E-state index is 5.51. The molecule has 18 heavy (non-hydrogen) atoms. The first-order valence-corrected chi connectivity index (χ1v) is 6.73. The Labute approximate surface area is 111 Å². The first-order valence-electron chi connectivity index (χ1n) is 6.32. The fourth-order valence-corrected chi connectivity index (χ4v) is 3.03. The maximum Gasteiger partial charge on any atom is 0.179 e. The highest BCUT2D eigenvalue weighted by Gasteiger charge is 2.26. The Morgan fingerprint density at radius 2 is 2.39 bits per heavy atom. The molecule has 0 amide bonds. The minimum Gasteiger partial charge on any atom is -0.381 e. The number of ether oxygens (including phenoxy) is 1. The Morgan fingerprint density at radius 3 is 3.17 bits per heavy atom. The minimum atomic E-state index is 0.384. The third-order valence-electron chi connectivity index (χ3n) is 3.75. The molecule has 4 nitrogen and oxygen atoms in total. The summed E-state index contributed by atoms with van der Waals surface area (Å²) in [7, 11) is 0. The minimum absolute atomic E-state index is 0.384. The van der Waals surface area contributed by atoms with Crippen molar-refractivity contribution >= 4 is 23.4 Å². The van der Waals surface area contributed by atoms with Gasteiger partial charge in [0.25, 0.3) is 0 Å². The normalized spacial score (nSPS) is 24.6. The zero-order valence-electron chi connectivity index (χ0n) is 10.6. The van der Waals surface area contributed by atoms with Gasteiger partial charge in [-0.2, -0.15) is 0 Å². The third-order valence-corrected chi connectivity index (χ3v) is 4.04. The first-order chi connectivity index (χ1) is 8.68. The molecule has 2 atom stereocenters. The van der Waals surface area contributed by atoms with E-state index in [4.69, 9.17) is 17.0 Å². The summed E-state index contributed by atoms with van der Waals surface area (Å²) >= 11 is 5.47. The van der Waals surface area contributed by atoms with Crippen LogP contribution in [-0.2, 0) is 4.74 Å². The topological polar surface area (TPSA) is 42.8 Å². The number of fused-ring (bicyclic) bond motifs is 1. The van der Waals surface area contributed by atoms with Crippen molar-refractivity contribution in [2.24, 2.45) is 5.92 Å². The fraction of sp³-hybridized carbons (Fsp3) is 0.538. The van der Waals surface area contributed by atoms with Gasteiger partial charge in [0.1, 0.15) is 0 Å². The molecular formula is C13H17N3OS. The number of aromatic amines is 1. The molecule has 0 bridgehead atoms. The number of nitrogens with zero attached hydrogens (tertiary/aromatic N) is 2. The average molecular weight is 263 g/mol. The standard InChI is InChI=1S/C13H17N3OS/c1-8-3-5-14-12-11(8)15-13(18)16(12)10-4-6-17-7-9(10)2/h3,5,9-10H,4,6-7H2,1-2H3,(H,15,18). The van der Waals surface area contributed by atoms with E-state index in [2.05, 4.69) is 28.4 Å². The Bertz CT molecular complexity index is 631. The largest absolute Gasteiger partial charge is 0.381 e. The Balaban J connectivity index is 2.19. The van der Waals surface area contributed by atoms with Gasteiger partial charge in [-0.1, -0.05) is 6.92 Å². The highest BCUT2D eigenvalue weighted by molar-refractivity contribution is 7.71. The third kappa shape index (κ3) is 1.78. The molecule has 2 aromatic rings. The Hall–Kier alpha value is -1.20. The van der Waals surface area contributed by atoms with Crippen LogP contribution in [0.5, 0.6) is 0 Å². The second kappa shape index (κ2) is 4.48. The Kier molecular flexibility index (Phi) is 2.95. The number of pyridine rings is 1. The number of aromatic nitrogens is 3. The quantitative estimate of drug-likeness (QED) is 0.804. The fourth-order valence-electron chi connectivity index (χ4n) is 2.70. The number of nitrogens with one attached hydrogen (secondary N) is 1. The van der Waals surface area contributed by atoms with Crippen LogP contribution in [0.3, 0.4) is 0 Å². The van der Waals surface area contributed by atoms with Gasteiger partial charge in [0.05, 0.1) is 12.1 Å². The lowest BCUT2D eigenvalue weighted by molar-refractivity contribution is 0.0293. The predicted molar refractivity (Wildman–Crippen MR) is 73.3 cm³/mol. The molecule has 1 aliphatic rings. The summed E-state index contributed by atoms with van der Waals surface area (Å²) in [5, 5.41) is 0. The average Bonchev–Trinajstić information content (AvgIpc) is 2.68. The van der Waals surface area contributed by atoms with E-state index in [9.17, 15) is 0 Å². The van der Waals surface area contributed by atoms with Gasteiger partial charge in [0, 0.05) is 24.8 Å². The van der Waals surface area contributed by atoms with E-state index >= 15 is 0 Å². The second-order valence-electron chi connectivity index (χ2n) is 5.03. The molecule has 1 aliphatic heterocycles. The van der Waals surface area contributed by atoms with Crippen LogP contribution in [0.1, 0.15) is 24.9 Å². The molecule has 96 valence electrons. The summed E-state index contributed by atoms with van der Waals surface area (Å²) in [4.78, 5) is 7.78. The van der Waals surface area contributed by atoms with Crippen LogP contribution in [0.2, 0.25) is 0 Å².